The average molecular weight is 461 g/mol. The van der Waals surface area contributed by atoms with E-state index in [0.717, 1.165) is 16.7 Å². The Labute approximate surface area is 195 Å². The summed E-state index contributed by atoms with van der Waals surface area (Å²) in [6.07, 6.45) is 1.37. The molecule has 1 aliphatic rings. The number of carboxylic acids is 1. The molecular weight excluding hydrogens is 440 g/mol. The SMILES string of the molecule is Cc1ccc(N2C(=O)/C(=C/c3ccc(-c4ccc(C(=O)O)cc4C)o3)C(=O)NC2=S)cc1C. The highest BCUT2D eigenvalue weighted by Gasteiger charge is 2.34. The molecule has 7 nitrogen and oxygen atoms in total. The molecule has 1 aliphatic heterocycles. The van der Waals surface area contributed by atoms with E-state index in [1.54, 1.807) is 37.3 Å². The summed E-state index contributed by atoms with van der Waals surface area (Å²) in [6.45, 7) is 5.68. The maximum atomic E-state index is 13.2. The van der Waals surface area contributed by atoms with Crippen molar-refractivity contribution in [2.75, 3.05) is 4.90 Å². The zero-order valence-corrected chi connectivity index (χ0v) is 18.9. The number of aryl methyl sites for hydroxylation is 3. The lowest BCUT2D eigenvalue weighted by Crippen LogP contribution is -2.54. The molecule has 8 heteroatoms. The van der Waals surface area contributed by atoms with Gasteiger partial charge in [0.2, 0.25) is 0 Å². The van der Waals surface area contributed by atoms with E-state index in [1.165, 1.54) is 17.0 Å². The van der Waals surface area contributed by atoms with E-state index in [4.69, 9.17) is 21.7 Å². The Morgan fingerprint density at radius 1 is 1.00 bits per heavy atom. The third-order valence-electron chi connectivity index (χ3n) is 5.50. The number of anilines is 1. The number of hydrogen-bond donors (Lipinski definition) is 2. The maximum Gasteiger partial charge on any atom is 0.335 e. The van der Waals surface area contributed by atoms with Crippen LogP contribution in [-0.4, -0.2) is 28.0 Å². The monoisotopic (exact) mass is 460 g/mol. The van der Waals surface area contributed by atoms with Crippen molar-refractivity contribution < 1.29 is 23.9 Å². The highest BCUT2D eigenvalue weighted by atomic mass is 32.1. The molecule has 0 atom stereocenters. The van der Waals surface area contributed by atoms with Crippen LogP contribution >= 0.6 is 12.2 Å². The summed E-state index contributed by atoms with van der Waals surface area (Å²) in [7, 11) is 0. The van der Waals surface area contributed by atoms with Crippen LogP contribution in [0.15, 0.2) is 58.5 Å². The van der Waals surface area contributed by atoms with Gasteiger partial charge in [-0.25, -0.2) is 4.79 Å². The number of carboxylic acid groups (broad SMARTS) is 1. The van der Waals surface area contributed by atoms with E-state index in [9.17, 15) is 14.4 Å². The molecule has 4 rings (SSSR count). The van der Waals surface area contributed by atoms with Crippen LogP contribution in [0.1, 0.15) is 32.8 Å². The molecule has 0 bridgehead atoms. The Bertz CT molecular complexity index is 1370. The van der Waals surface area contributed by atoms with Crippen molar-refractivity contribution >= 4 is 46.9 Å². The van der Waals surface area contributed by atoms with Gasteiger partial charge in [0, 0.05) is 5.56 Å². The van der Waals surface area contributed by atoms with Crippen molar-refractivity contribution in [1.29, 1.82) is 0 Å². The second-order valence-corrected chi connectivity index (χ2v) is 8.15. The van der Waals surface area contributed by atoms with Crippen LogP contribution in [0.5, 0.6) is 0 Å². The summed E-state index contributed by atoms with van der Waals surface area (Å²) in [5, 5.41) is 11.7. The lowest BCUT2D eigenvalue weighted by atomic mass is 10.0. The second kappa shape index (κ2) is 8.48. The van der Waals surface area contributed by atoms with Gasteiger partial charge in [0.1, 0.15) is 17.1 Å². The van der Waals surface area contributed by atoms with Gasteiger partial charge in [-0.3, -0.25) is 19.8 Å². The number of aromatic carboxylic acids is 1. The molecule has 1 aromatic heterocycles. The molecule has 0 saturated carbocycles. The lowest BCUT2D eigenvalue weighted by Gasteiger charge is -2.29. The zero-order chi connectivity index (χ0) is 23.9. The number of nitrogens with one attached hydrogen (secondary N) is 1. The van der Waals surface area contributed by atoms with Crippen LogP contribution < -0.4 is 10.2 Å². The van der Waals surface area contributed by atoms with E-state index in [0.29, 0.717) is 22.8 Å². The van der Waals surface area contributed by atoms with Crippen LogP contribution in [0.4, 0.5) is 5.69 Å². The first-order chi connectivity index (χ1) is 15.7. The summed E-state index contributed by atoms with van der Waals surface area (Å²) in [4.78, 5) is 38.2. The molecule has 1 saturated heterocycles. The third-order valence-corrected chi connectivity index (χ3v) is 5.79. The Kier molecular flexibility index (Phi) is 5.69. The Morgan fingerprint density at radius 3 is 2.42 bits per heavy atom. The van der Waals surface area contributed by atoms with Crippen molar-refractivity contribution in [1.82, 2.24) is 5.32 Å². The molecule has 166 valence electrons. The summed E-state index contributed by atoms with van der Waals surface area (Å²) in [5.74, 6) is -1.38. The van der Waals surface area contributed by atoms with Crippen molar-refractivity contribution in [3.05, 3.63) is 82.1 Å². The number of furan rings is 1. The van der Waals surface area contributed by atoms with Gasteiger partial charge < -0.3 is 9.52 Å². The molecule has 3 aromatic rings. The number of carbonyl (C=O) groups is 3. The summed E-state index contributed by atoms with van der Waals surface area (Å²) < 4.78 is 5.85. The normalized spacial score (nSPS) is 15.2. The topological polar surface area (TPSA) is 99.8 Å². The molecule has 2 aromatic carbocycles. The van der Waals surface area contributed by atoms with Crippen molar-refractivity contribution in [2.45, 2.75) is 20.8 Å². The number of thiocarbonyl (C=S) groups is 1. The van der Waals surface area contributed by atoms with Gasteiger partial charge in [-0.15, -0.1) is 0 Å². The number of carbonyl (C=O) groups excluding carboxylic acids is 2. The minimum Gasteiger partial charge on any atom is -0.478 e. The molecule has 2 amide bonds. The van der Waals surface area contributed by atoms with Crippen molar-refractivity contribution in [3.63, 3.8) is 0 Å². The van der Waals surface area contributed by atoms with Gasteiger partial charge in [0.25, 0.3) is 11.8 Å². The van der Waals surface area contributed by atoms with E-state index < -0.39 is 17.8 Å². The van der Waals surface area contributed by atoms with Gasteiger partial charge in [-0.1, -0.05) is 12.1 Å². The summed E-state index contributed by atoms with van der Waals surface area (Å²) >= 11 is 5.25. The summed E-state index contributed by atoms with van der Waals surface area (Å²) in [6, 6.07) is 13.5. The molecule has 0 unspecified atom stereocenters. The predicted molar refractivity (Wildman–Crippen MR) is 128 cm³/mol. The second-order valence-electron chi connectivity index (χ2n) is 7.76. The Balaban J connectivity index is 1.67. The van der Waals surface area contributed by atoms with Crippen LogP contribution in [0.25, 0.3) is 17.4 Å². The first kappa shape index (κ1) is 22.2. The number of benzene rings is 2. The third kappa shape index (κ3) is 4.20. The van der Waals surface area contributed by atoms with Gasteiger partial charge in [-0.2, -0.15) is 0 Å². The lowest BCUT2D eigenvalue weighted by molar-refractivity contribution is -0.122. The van der Waals surface area contributed by atoms with Gasteiger partial charge in [0.05, 0.1) is 11.3 Å². The van der Waals surface area contributed by atoms with Crippen LogP contribution in [0, 0.1) is 20.8 Å². The van der Waals surface area contributed by atoms with E-state index in [2.05, 4.69) is 5.32 Å². The van der Waals surface area contributed by atoms with E-state index in [-0.39, 0.29) is 16.2 Å². The van der Waals surface area contributed by atoms with Crippen molar-refractivity contribution in [3.8, 4) is 11.3 Å². The fourth-order valence-corrected chi connectivity index (χ4v) is 3.83. The van der Waals surface area contributed by atoms with E-state index in [1.807, 2.05) is 26.0 Å². The number of nitrogens with zero attached hydrogens (tertiary/aromatic N) is 1. The quantitative estimate of drug-likeness (QED) is 0.340. The molecule has 1 fully saturated rings. The fraction of sp³-hybridized carbons (Fsp3) is 0.120. The van der Waals surface area contributed by atoms with E-state index >= 15 is 0 Å². The molecule has 0 radical (unpaired) electrons. The molecule has 0 aliphatic carbocycles. The highest BCUT2D eigenvalue weighted by Crippen LogP contribution is 2.29. The smallest absolute Gasteiger partial charge is 0.335 e. The van der Waals surface area contributed by atoms with Crippen LogP contribution in [0.3, 0.4) is 0 Å². The first-order valence-corrected chi connectivity index (χ1v) is 10.5. The van der Waals surface area contributed by atoms with Crippen LogP contribution in [0.2, 0.25) is 0 Å². The number of amides is 2. The standard InChI is InChI=1S/C25H20N2O5S/c1-13-4-6-17(11-14(13)2)27-23(29)20(22(28)26-25(27)33)12-18-7-9-21(32-18)19-8-5-16(24(30)31)10-15(19)3/h4-12H,1-3H3,(H,30,31)(H,26,28,33)/b20-12+. The Morgan fingerprint density at radius 2 is 1.76 bits per heavy atom. The van der Waals surface area contributed by atoms with Crippen LogP contribution in [-0.2, 0) is 9.59 Å². The highest BCUT2D eigenvalue weighted by molar-refractivity contribution is 7.80. The minimum absolute atomic E-state index is 0.0136. The molecule has 0 spiro atoms. The molecule has 33 heavy (non-hydrogen) atoms. The predicted octanol–water partition coefficient (Wildman–Crippen LogP) is 4.40. The maximum absolute atomic E-state index is 13.2. The fourth-order valence-electron chi connectivity index (χ4n) is 3.55. The largest absolute Gasteiger partial charge is 0.478 e. The average Bonchev–Trinajstić information content (AvgIpc) is 3.21. The van der Waals surface area contributed by atoms with Gasteiger partial charge in [-0.05, 0) is 92.2 Å². The summed E-state index contributed by atoms with van der Waals surface area (Å²) in [5.41, 5.74) is 4.13. The molecule has 2 heterocycles. The van der Waals surface area contributed by atoms with Gasteiger partial charge >= 0.3 is 5.97 Å². The minimum atomic E-state index is -1.01. The first-order valence-electron chi connectivity index (χ1n) is 10.1. The number of hydrogen-bond acceptors (Lipinski definition) is 5. The zero-order valence-electron chi connectivity index (χ0n) is 18.1. The number of rotatable bonds is 4. The van der Waals surface area contributed by atoms with Crippen molar-refractivity contribution in [2.24, 2.45) is 0 Å². The molecule has 2 N–H and O–H groups in total. The Hall–Kier alpha value is -4.04. The van der Waals surface area contributed by atoms with Gasteiger partial charge in [0.15, 0.2) is 5.11 Å². The molecular formula is C25H20N2O5S.